The molecule has 0 aliphatic carbocycles. The van der Waals surface area contributed by atoms with E-state index < -0.39 is 39.6 Å². The average molecular weight is 683 g/mol. The molecular weight excluding hydrogens is 617 g/mol. The molecule has 0 aromatic heterocycles. The quantitative estimate of drug-likeness (QED) is 0.180. The molecule has 0 bridgehead atoms. The molecule has 0 spiro atoms. The third-order valence-corrected chi connectivity index (χ3v) is 17.2. The van der Waals surface area contributed by atoms with Gasteiger partial charge in [0.15, 0.2) is 5.79 Å². The Bertz CT molecular complexity index is 1210. The normalized spacial score (nSPS) is 20.3. The van der Waals surface area contributed by atoms with Gasteiger partial charge in [0.25, 0.3) is 8.32 Å². The molecular formula is C40H66O5Si2. The topological polar surface area (TPSA) is 65.0 Å². The molecule has 7 heteroatoms. The summed E-state index contributed by atoms with van der Waals surface area (Å²) in [5.41, 5.74) is -0.718. The van der Waals surface area contributed by atoms with E-state index in [0.717, 1.165) is 31.7 Å². The Morgan fingerprint density at radius 1 is 0.915 bits per heavy atom. The van der Waals surface area contributed by atoms with Crippen molar-refractivity contribution >= 4 is 32.5 Å². The van der Waals surface area contributed by atoms with Crippen LogP contribution in [-0.2, 0) is 18.7 Å². The van der Waals surface area contributed by atoms with Crippen molar-refractivity contribution in [3.8, 4) is 0 Å². The van der Waals surface area contributed by atoms with Gasteiger partial charge in [0.1, 0.15) is 5.78 Å². The SMILES string of the molecule is CC(CCC[C@H](C)[C@@H](O)C(CC[Si](C)(C)C)C(=O)C(C)(C)[C@@H]1CCOC(C)(C)O1)O[Si](c1ccccc1)(c1ccccc1)C(C)(C)C. The summed E-state index contributed by atoms with van der Waals surface area (Å²) in [4.78, 5) is 14.4. The maximum absolute atomic E-state index is 14.4. The van der Waals surface area contributed by atoms with Crippen molar-refractivity contribution in [3.05, 3.63) is 60.7 Å². The van der Waals surface area contributed by atoms with Crippen LogP contribution in [0, 0.1) is 17.3 Å². The van der Waals surface area contributed by atoms with Gasteiger partial charge < -0.3 is 19.0 Å². The average Bonchev–Trinajstić information content (AvgIpc) is 2.98. The summed E-state index contributed by atoms with van der Waals surface area (Å²) >= 11 is 0. The zero-order valence-corrected chi connectivity index (χ0v) is 33.7. The number of aliphatic hydroxyl groups excluding tert-OH is 1. The first-order valence-corrected chi connectivity index (χ1v) is 23.7. The molecule has 5 nitrogen and oxygen atoms in total. The summed E-state index contributed by atoms with van der Waals surface area (Å²) in [5.74, 6) is -1.00. The molecule has 0 radical (unpaired) electrons. The highest BCUT2D eigenvalue weighted by Gasteiger charge is 2.51. The van der Waals surface area contributed by atoms with Crippen LogP contribution < -0.4 is 10.4 Å². The lowest BCUT2D eigenvalue weighted by Gasteiger charge is -2.45. The second-order valence-corrected chi connectivity index (χ2v) is 27.3. The van der Waals surface area contributed by atoms with E-state index in [9.17, 15) is 9.90 Å². The van der Waals surface area contributed by atoms with E-state index in [1.54, 1.807) is 0 Å². The number of aliphatic hydroxyl groups is 1. The number of ketones is 1. The van der Waals surface area contributed by atoms with Gasteiger partial charge in [-0.3, -0.25) is 4.79 Å². The van der Waals surface area contributed by atoms with Crippen LogP contribution >= 0.6 is 0 Å². The van der Waals surface area contributed by atoms with Crippen LogP contribution in [0.4, 0.5) is 0 Å². The number of hydrogen-bond acceptors (Lipinski definition) is 5. The van der Waals surface area contributed by atoms with Crippen molar-refractivity contribution in [2.45, 2.75) is 149 Å². The predicted octanol–water partition coefficient (Wildman–Crippen LogP) is 8.60. The molecule has 0 amide bonds. The van der Waals surface area contributed by atoms with Crippen LogP contribution in [0.1, 0.15) is 94.4 Å². The van der Waals surface area contributed by atoms with Gasteiger partial charge in [0.2, 0.25) is 0 Å². The van der Waals surface area contributed by atoms with Gasteiger partial charge in [-0.25, -0.2) is 0 Å². The van der Waals surface area contributed by atoms with Gasteiger partial charge in [-0.1, -0.05) is 134 Å². The molecule has 1 fully saturated rings. The van der Waals surface area contributed by atoms with E-state index in [2.05, 4.69) is 115 Å². The van der Waals surface area contributed by atoms with Gasteiger partial charge in [0, 0.05) is 20.1 Å². The third kappa shape index (κ3) is 10.2. The lowest BCUT2D eigenvalue weighted by molar-refractivity contribution is -0.289. The molecule has 5 atom stereocenters. The molecule has 0 saturated carbocycles. The Morgan fingerprint density at radius 2 is 1.45 bits per heavy atom. The van der Waals surface area contributed by atoms with E-state index in [0.29, 0.717) is 13.0 Å². The van der Waals surface area contributed by atoms with Gasteiger partial charge in [-0.2, -0.15) is 0 Å². The number of ether oxygens (including phenoxy) is 2. The Hall–Kier alpha value is -1.62. The predicted molar refractivity (Wildman–Crippen MR) is 202 cm³/mol. The summed E-state index contributed by atoms with van der Waals surface area (Å²) in [6, 6.07) is 22.6. The molecule has 3 rings (SSSR count). The van der Waals surface area contributed by atoms with Crippen LogP contribution in [-0.4, -0.2) is 58.0 Å². The molecule has 1 N–H and O–H groups in total. The van der Waals surface area contributed by atoms with Gasteiger partial charge in [-0.15, -0.1) is 0 Å². The summed E-state index contributed by atoms with van der Waals surface area (Å²) < 4.78 is 19.4. The molecule has 264 valence electrons. The van der Waals surface area contributed by atoms with Crippen LogP contribution in [0.5, 0.6) is 0 Å². The molecule has 1 aliphatic rings. The summed E-state index contributed by atoms with van der Waals surface area (Å²) in [6.45, 7) is 26.7. The van der Waals surface area contributed by atoms with Gasteiger partial charge in [-0.05, 0) is 67.8 Å². The first-order chi connectivity index (χ1) is 21.7. The number of carbonyl (C=O) groups excluding carboxylic acids is 1. The number of benzene rings is 2. The third-order valence-electron chi connectivity index (χ3n) is 10.3. The van der Waals surface area contributed by atoms with E-state index >= 15 is 0 Å². The van der Waals surface area contributed by atoms with Crippen molar-refractivity contribution in [2.24, 2.45) is 17.3 Å². The Morgan fingerprint density at radius 3 is 1.91 bits per heavy atom. The first-order valence-electron chi connectivity index (χ1n) is 18.0. The van der Waals surface area contributed by atoms with E-state index in [4.69, 9.17) is 13.9 Å². The lowest BCUT2D eigenvalue weighted by atomic mass is 9.71. The van der Waals surface area contributed by atoms with Crippen molar-refractivity contribution in [3.63, 3.8) is 0 Å². The Kier molecular flexibility index (Phi) is 13.5. The highest BCUT2D eigenvalue weighted by Crippen LogP contribution is 2.40. The number of rotatable bonds is 16. The molecule has 1 aliphatic heterocycles. The van der Waals surface area contributed by atoms with Crippen molar-refractivity contribution in [1.29, 1.82) is 0 Å². The minimum Gasteiger partial charge on any atom is -0.405 e. The summed E-state index contributed by atoms with van der Waals surface area (Å²) in [6.07, 6.45) is 3.17. The van der Waals surface area contributed by atoms with Crippen molar-refractivity contribution in [2.75, 3.05) is 6.61 Å². The van der Waals surface area contributed by atoms with E-state index in [1.807, 2.05) is 27.7 Å². The fraction of sp³-hybridized carbons (Fsp3) is 0.675. The Labute approximate surface area is 289 Å². The zero-order valence-electron chi connectivity index (χ0n) is 31.7. The zero-order chi connectivity index (χ0) is 35.3. The molecule has 2 unspecified atom stereocenters. The van der Waals surface area contributed by atoms with E-state index in [1.165, 1.54) is 10.4 Å². The fourth-order valence-electron chi connectivity index (χ4n) is 7.38. The maximum Gasteiger partial charge on any atom is 0.261 e. The highest BCUT2D eigenvalue weighted by atomic mass is 28.4. The highest BCUT2D eigenvalue weighted by molar-refractivity contribution is 6.99. The molecule has 2 aromatic carbocycles. The fourth-order valence-corrected chi connectivity index (χ4v) is 13.3. The number of hydrogen-bond donors (Lipinski definition) is 1. The second kappa shape index (κ2) is 15.9. The maximum atomic E-state index is 14.4. The monoisotopic (exact) mass is 682 g/mol. The van der Waals surface area contributed by atoms with Gasteiger partial charge >= 0.3 is 0 Å². The summed E-state index contributed by atoms with van der Waals surface area (Å²) in [5, 5.41) is 14.4. The molecule has 47 heavy (non-hydrogen) atoms. The van der Waals surface area contributed by atoms with E-state index in [-0.39, 0.29) is 28.9 Å². The molecule has 1 saturated heterocycles. The number of carbonyl (C=O) groups is 1. The first kappa shape index (κ1) is 39.8. The standard InChI is InChI=1S/C40H66O5Si2/c1-30(36(41)34(27-29-46(10,11)12)37(42)39(6,7)35-26-28-43-40(8,9)44-35)20-19-21-31(2)45-47(38(3,4)5,32-22-15-13-16-23-32)33-24-17-14-18-25-33/h13-18,22-25,30-31,34-36,41H,19-21,26-29H2,1-12H3/t30-,31?,34?,35-,36+/m0/s1. The van der Waals surface area contributed by atoms with Gasteiger partial charge in [0.05, 0.1) is 24.2 Å². The minimum absolute atomic E-state index is 0.00602. The molecule has 2 aromatic rings. The van der Waals surface area contributed by atoms with Crippen LogP contribution in [0.2, 0.25) is 30.7 Å². The largest absolute Gasteiger partial charge is 0.405 e. The minimum atomic E-state index is -2.63. The summed E-state index contributed by atoms with van der Waals surface area (Å²) in [7, 11) is -4.06. The van der Waals surface area contributed by atoms with Crippen LogP contribution in [0.3, 0.4) is 0 Å². The smallest absolute Gasteiger partial charge is 0.261 e. The van der Waals surface area contributed by atoms with Crippen molar-refractivity contribution in [1.82, 2.24) is 0 Å². The second-order valence-electron chi connectivity index (χ2n) is 17.4. The lowest BCUT2D eigenvalue weighted by Crippen LogP contribution is -2.67. The number of Topliss-reactive ketones (excluding diaryl/α,β-unsaturated/α-hetero) is 1. The molecule has 1 heterocycles. The van der Waals surface area contributed by atoms with Crippen molar-refractivity contribution < 1.29 is 23.8 Å². The van der Waals surface area contributed by atoms with Crippen LogP contribution in [0.25, 0.3) is 0 Å². The van der Waals surface area contributed by atoms with Crippen LogP contribution in [0.15, 0.2) is 60.7 Å². The Balaban J connectivity index is 1.75.